The maximum Gasteiger partial charge on any atom is 0.243 e. The Labute approximate surface area is 142 Å². The van der Waals surface area contributed by atoms with Crippen molar-refractivity contribution in [1.82, 2.24) is 10.2 Å². The molecule has 1 aliphatic heterocycles. The lowest BCUT2D eigenvalue weighted by molar-refractivity contribution is -0.139. The maximum absolute atomic E-state index is 12.8. The van der Waals surface area contributed by atoms with Gasteiger partial charge in [-0.3, -0.25) is 9.59 Å². The van der Waals surface area contributed by atoms with Crippen LogP contribution in [0.5, 0.6) is 0 Å². The molecule has 2 saturated carbocycles. The quantitative estimate of drug-likeness (QED) is 0.903. The van der Waals surface area contributed by atoms with Crippen LogP contribution in [0.25, 0.3) is 0 Å². The van der Waals surface area contributed by atoms with Crippen LogP contribution in [0.4, 0.5) is 0 Å². The molecule has 2 heterocycles. The van der Waals surface area contributed by atoms with Gasteiger partial charge < -0.3 is 14.6 Å². The molecular formula is C19H26N2O3. The topological polar surface area (TPSA) is 62.6 Å². The SMILES string of the molecule is O=C(NCc1ccco1)C1CCCN1C(=O)CC1CC2CCC1C2. The summed E-state index contributed by atoms with van der Waals surface area (Å²) in [5.74, 6) is 3.05. The van der Waals surface area contributed by atoms with E-state index in [-0.39, 0.29) is 17.9 Å². The van der Waals surface area contributed by atoms with Crippen LogP contribution in [0.15, 0.2) is 22.8 Å². The van der Waals surface area contributed by atoms with Crippen molar-refractivity contribution in [3.8, 4) is 0 Å². The molecule has 130 valence electrons. The number of likely N-dealkylation sites (tertiary alicyclic amines) is 1. The van der Waals surface area contributed by atoms with E-state index in [1.54, 1.807) is 6.26 Å². The van der Waals surface area contributed by atoms with Gasteiger partial charge in [0.05, 0.1) is 12.8 Å². The molecule has 4 rings (SSSR count). The maximum atomic E-state index is 12.8. The molecule has 4 atom stereocenters. The fourth-order valence-corrected chi connectivity index (χ4v) is 5.01. The zero-order valence-electron chi connectivity index (χ0n) is 14.1. The number of hydrogen-bond acceptors (Lipinski definition) is 3. The first kappa shape index (κ1) is 15.7. The molecule has 1 aromatic heterocycles. The average Bonchev–Trinajstić information content (AvgIpc) is 3.36. The summed E-state index contributed by atoms with van der Waals surface area (Å²) < 4.78 is 5.24. The first-order chi connectivity index (χ1) is 11.7. The Bertz CT molecular complexity index is 598. The molecular weight excluding hydrogens is 304 g/mol. The Kier molecular flexibility index (Phi) is 4.33. The number of hydrogen-bond donors (Lipinski definition) is 1. The van der Waals surface area contributed by atoms with Gasteiger partial charge in [0.25, 0.3) is 0 Å². The summed E-state index contributed by atoms with van der Waals surface area (Å²) >= 11 is 0. The van der Waals surface area contributed by atoms with E-state index in [2.05, 4.69) is 5.32 Å². The van der Waals surface area contributed by atoms with E-state index in [9.17, 15) is 9.59 Å². The minimum absolute atomic E-state index is 0.0507. The number of carbonyl (C=O) groups excluding carboxylic acids is 2. The molecule has 0 spiro atoms. The summed E-state index contributed by atoms with van der Waals surface area (Å²) in [6.45, 7) is 1.11. The molecule has 0 radical (unpaired) electrons. The van der Waals surface area contributed by atoms with E-state index in [0.717, 1.165) is 37.0 Å². The highest BCUT2D eigenvalue weighted by Crippen LogP contribution is 2.49. The Morgan fingerprint density at radius 1 is 1.25 bits per heavy atom. The number of furan rings is 1. The van der Waals surface area contributed by atoms with Crippen molar-refractivity contribution in [3.63, 3.8) is 0 Å². The Morgan fingerprint density at radius 2 is 2.17 bits per heavy atom. The van der Waals surface area contributed by atoms with Crippen LogP contribution in [0, 0.1) is 17.8 Å². The fourth-order valence-electron chi connectivity index (χ4n) is 5.01. The third kappa shape index (κ3) is 3.08. The zero-order valence-corrected chi connectivity index (χ0v) is 14.1. The van der Waals surface area contributed by atoms with Crippen molar-refractivity contribution < 1.29 is 14.0 Å². The summed E-state index contributed by atoms with van der Waals surface area (Å²) in [4.78, 5) is 27.0. The van der Waals surface area contributed by atoms with Gasteiger partial charge in [-0.1, -0.05) is 6.42 Å². The molecule has 5 heteroatoms. The predicted octanol–water partition coefficient (Wildman–Crippen LogP) is 2.71. The lowest BCUT2D eigenvalue weighted by Crippen LogP contribution is -2.46. The predicted molar refractivity (Wildman–Crippen MR) is 88.8 cm³/mol. The largest absolute Gasteiger partial charge is 0.467 e. The zero-order chi connectivity index (χ0) is 16.5. The van der Waals surface area contributed by atoms with Crippen molar-refractivity contribution in [2.45, 2.75) is 57.5 Å². The van der Waals surface area contributed by atoms with Crippen molar-refractivity contribution >= 4 is 11.8 Å². The van der Waals surface area contributed by atoms with Gasteiger partial charge >= 0.3 is 0 Å². The summed E-state index contributed by atoms with van der Waals surface area (Å²) in [5, 5.41) is 2.91. The van der Waals surface area contributed by atoms with E-state index >= 15 is 0 Å². The summed E-state index contributed by atoms with van der Waals surface area (Å²) in [5.41, 5.74) is 0. The van der Waals surface area contributed by atoms with Gasteiger partial charge in [-0.2, -0.15) is 0 Å². The van der Waals surface area contributed by atoms with E-state index in [1.165, 1.54) is 25.7 Å². The first-order valence-corrected chi connectivity index (χ1v) is 9.30. The van der Waals surface area contributed by atoms with Crippen LogP contribution >= 0.6 is 0 Å². The Balaban J connectivity index is 1.32. The van der Waals surface area contributed by atoms with Gasteiger partial charge in [0.15, 0.2) is 0 Å². The number of rotatable bonds is 5. The summed E-state index contributed by atoms with van der Waals surface area (Å²) in [6.07, 6.45) is 9.14. The van der Waals surface area contributed by atoms with Gasteiger partial charge in [0, 0.05) is 13.0 Å². The second kappa shape index (κ2) is 6.61. The van der Waals surface area contributed by atoms with E-state index in [4.69, 9.17) is 4.42 Å². The normalized spacial score (nSPS) is 31.6. The smallest absolute Gasteiger partial charge is 0.243 e. The molecule has 1 aromatic rings. The van der Waals surface area contributed by atoms with Gasteiger partial charge in [-0.25, -0.2) is 0 Å². The molecule has 1 saturated heterocycles. The standard InChI is InChI=1S/C19H26N2O3/c22-18(11-15-10-13-5-6-14(15)9-13)21-7-1-4-17(21)19(23)20-12-16-3-2-8-24-16/h2-3,8,13-15,17H,1,4-7,9-12H2,(H,20,23). The molecule has 1 N–H and O–H groups in total. The molecule has 2 amide bonds. The molecule has 24 heavy (non-hydrogen) atoms. The van der Waals surface area contributed by atoms with Crippen molar-refractivity contribution in [3.05, 3.63) is 24.2 Å². The number of amides is 2. The van der Waals surface area contributed by atoms with Gasteiger partial charge in [-0.05, 0) is 62.0 Å². The van der Waals surface area contributed by atoms with Crippen LogP contribution in [0.2, 0.25) is 0 Å². The minimum Gasteiger partial charge on any atom is -0.467 e. The highest BCUT2D eigenvalue weighted by Gasteiger charge is 2.42. The Hall–Kier alpha value is -1.78. The van der Waals surface area contributed by atoms with Crippen molar-refractivity contribution in [2.75, 3.05) is 6.54 Å². The van der Waals surface area contributed by atoms with Crippen LogP contribution in [0.3, 0.4) is 0 Å². The van der Waals surface area contributed by atoms with Crippen LogP contribution < -0.4 is 5.32 Å². The van der Waals surface area contributed by atoms with Crippen LogP contribution in [-0.2, 0) is 16.1 Å². The lowest BCUT2D eigenvalue weighted by atomic mass is 9.86. The number of carbonyl (C=O) groups is 2. The Morgan fingerprint density at radius 3 is 2.88 bits per heavy atom. The number of nitrogens with zero attached hydrogens (tertiary/aromatic N) is 1. The van der Waals surface area contributed by atoms with Gasteiger partial charge in [0.1, 0.15) is 11.8 Å². The van der Waals surface area contributed by atoms with Crippen LogP contribution in [-0.4, -0.2) is 29.3 Å². The third-order valence-corrected chi connectivity index (χ3v) is 6.21. The van der Waals surface area contributed by atoms with Crippen LogP contribution in [0.1, 0.15) is 50.7 Å². The monoisotopic (exact) mass is 330 g/mol. The summed E-state index contributed by atoms with van der Waals surface area (Å²) in [6, 6.07) is 3.35. The van der Waals surface area contributed by atoms with Gasteiger partial charge in [0.2, 0.25) is 11.8 Å². The van der Waals surface area contributed by atoms with Crippen molar-refractivity contribution in [1.29, 1.82) is 0 Å². The first-order valence-electron chi connectivity index (χ1n) is 9.30. The number of nitrogens with one attached hydrogen (secondary N) is 1. The number of fused-ring (bicyclic) bond motifs is 2. The molecule has 4 unspecified atom stereocenters. The molecule has 3 fully saturated rings. The van der Waals surface area contributed by atoms with E-state index in [0.29, 0.717) is 18.9 Å². The van der Waals surface area contributed by atoms with Gasteiger partial charge in [-0.15, -0.1) is 0 Å². The van der Waals surface area contributed by atoms with Crippen molar-refractivity contribution in [2.24, 2.45) is 17.8 Å². The molecule has 3 aliphatic rings. The second-order valence-electron chi connectivity index (χ2n) is 7.68. The average molecular weight is 330 g/mol. The highest BCUT2D eigenvalue weighted by molar-refractivity contribution is 5.88. The second-order valence-corrected chi connectivity index (χ2v) is 7.68. The third-order valence-electron chi connectivity index (χ3n) is 6.21. The molecule has 0 aromatic carbocycles. The highest BCUT2D eigenvalue weighted by atomic mass is 16.3. The fraction of sp³-hybridized carbons (Fsp3) is 0.684. The summed E-state index contributed by atoms with van der Waals surface area (Å²) in [7, 11) is 0. The molecule has 5 nitrogen and oxygen atoms in total. The lowest BCUT2D eigenvalue weighted by Gasteiger charge is -2.27. The molecule has 2 aliphatic carbocycles. The molecule has 2 bridgehead atoms. The minimum atomic E-state index is -0.300. The van der Waals surface area contributed by atoms with E-state index < -0.39 is 0 Å². The van der Waals surface area contributed by atoms with E-state index in [1.807, 2.05) is 17.0 Å².